The molecule has 1 aromatic carbocycles. The quantitative estimate of drug-likeness (QED) is 0.0851. The number of hydrogen-bond acceptors (Lipinski definition) is 7. The zero-order valence-electron chi connectivity index (χ0n) is 23.7. The molecule has 0 spiro atoms. The minimum Gasteiger partial charge on any atom is -0.748 e. The normalized spacial score (nSPS) is 11.1. The fourth-order valence-electron chi connectivity index (χ4n) is 4.22. The molecule has 0 aliphatic carbocycles. The average Bonchev–Trinajstić information content (AvgIpc) is 2.87. The predicted molar refractivity (Wildman–Crippen MR) is 146 cm³/mol. The third-order valence-corrected chi connectivity index (χ3v) is 7.08. The molecule has 0 unspecified atom stereocenters. The van der Waals surface area contributed by atoms with Crippen LogP contribution in [-0.4, -0.2) is 43.9 Å². The van der Waals surface area contributed by atoms with Crippen molar-refractivity contribution in [3.05, 3.63) is 35.4 Å². The number of esters is 2. The average molecular weight is 563 g/mol. The number of unbranched alkanes of at least 4 members (excludes halogenated alkanes) is 16. The second-order valence-electron chi connectivity index (χ2n) is 9.74. The summed E-state index contributed by atoms with van der Waals surface area (Å²) in [6.45, 7) is 1.97. The molecular formula is C29H47NaO7S. The molecule has 0 atom stereocenters. The Morgan fingerprint density at radius 3 is 1.34 bits per heavy atom. The second kappa shape index (κ2) is 23.9. The largest absolute Gasteiger partial charge is 1.00 e. The van der Waals surface area contributed by atoms with E-state index in [1.54, 1.807) is 12.1 Å². The number of carbonyl (C=O) groups excluding carboxylic acids is 2. The van der Waals surface area contributed by atoms with Gasteiger partial charge >= 0.3 is 41.5 Å². The van der Waals surface area contributed by atoms with Crippen molar-refractivity contribution in [3.8, 4) is 0 Å². The van der Waals surface area contributed by atoms with E-state index in [0.29, 0.717) is 0 Å². The second-order valence-corrected chi connectivity index (χ2v) is 11.3. The van der Waals surface area contributed by atoms with E-state index in [4.69, 9.17) is 9.47 Å². The van der Waals surface area contributed by atoms with E-state index >= 15 is 0 Å². The fourth-order valence-corrected chi connectivity index (χ4v) is 4.51. The molecule has 0 heterocycles. The van der Waals surface area contributed by atoms with Crippen LogP contribution in [0.15, 0.2) is 24.3 Å². The van der Waals surface area contributed by atoms with E-state index in [1.807, 2.05) is 0 Å². The van der Waals surface area contributed by atoms with Gasteiger partial charge in [0.05, 0.1) is 33.6 Å². The van der Waals surface area contributed by atoms with Crippen LogP contribution in [0.25, 0.3) is 0 Å². The van der Waals surface area contributed by atoms with E-state index in [2.05, 4.69) is 6.92 Å². The summed E-state index contributed by atoms with van der Waals surface area (Å²) in [5.74, 6) is -2.31. The van der Waals surface area contributed by atoms with Gasteiger partial charge in [-0.1, -0.05) is 122 Å². The van der Waals surface area contributed by atoms with Crippen molar-refractivity contribution in [2.75, 3.05) is 19.0 Å². The van der Waals surface area contributed by atoms with Gasteiger partial charge in [0.1, 0.15) is 6.61 Å². The van der Waals surface area contributed by atoms with Crippen molar-refractivity contribution in [2.24, 2.45) is 0 Å². The molecule has 0 radical (unpaired) electrons. The van der Waals surface area contributed by atoms with Gasteiger partial charge in [0, 0.05) is 0 Å². The number of carbonyl (C=O) groups is 2. The number of rotatable bonds is 23. The molecular weight excluding hydrogens is 515 g/mol. The molecule has 212 valence electrons. The van der Waals surface area contributed by atoms with Gasteiger partial charge in [-0.25, -0.2) is 18.0 Å². The Hall–Kier alpha value is -0.930. The first-order chi connectivity index (χ1) is 17.8. The van der Waals surface area contributed by atoms with Crippen LogP contribution in [0.3, 0.4) is 0 Å². The van der Waals surface area contributed by atoms with E-state index in [1.165, 1.54) is 102 Å². The first kappa shape index (κ1) is 37.1. The van der Waals surface area contributed by atoms with E-state index in [9.17, 15) is 22.6 Å². The van der Waals surface area contributed by atoms with Crippen molar-refractivity contribution < 1.29 is 61.6 Å². The third kappa shape index (κ3) is 20.0. The maximum atomic E-state index is 12.4. The van der Waals surface area contributed by atoms with Gasteiger partial charge in [-0.2, -0.15) is 0 Å². The molecule has 1 rings (SSSR count). The molecule has 7 nitrogen and oxygen atoms in total. The predicted octanol–water partition coefficient (Wildman–Crippen LogP) is 4.20. The Kier molecular flexibility index (Phi) is 23.3. The Morgan fingerprint density at radius 2 is 0.974 bits per heavy atom. The Balaban J connectivity index is 0.0000137. The third-order valence-electron chi connectivity index (χ3n) is 6.41. The van der Waals surface area contributed by atoms with Gasteiger partial charge in [-0.15, -0.1) is 0 Å². The van der Waals surface area contributed by atoms with Crippen molar-refractivity contribution in [1.29, 1.82) is 0 Å². The van der Waals surface area contributed by atoms with Crippen LogP contribution < -0.4 is 29.6 Å². The Labute approximate surface area is 252 Å². The molecule has 0 saturated heterocycles. The van der Waals surface area contributed by atoms with Crippen molar-refractivity contribution >= 4 is 22.1 Å². The fraction of sp³-hybridized carbons (Fsp3) is 0.724. The standard InChI is InChI=1S/C29H48O7S.Na/c1-2-3-4-5-6-7-8-9-10-11-12-13-14-15-16-17-20-23-35-28(30)26-21-18-19-22-27(26)29(31)36-24-25-37(32,33)34;/h18-19,21-22H,2-17,20,23-25H2,1H3,(H,32,33,34);/q;+1/p-1. The molecule has 0 fully saturated rings. The van der Waals surface area contributed by atoms with Crippen LogP contribution in [0.1, 0.15) is 137 Å². The Bertz CT molecular complexity index is 858. The minimum atomic E-state index is -4.48. The van der Waals surface area contributed by atoms with Crippen LogP contribution in [-0.2, 0) is 19.6 Å². The van der Waals surface area contributed by atoms with Gasteiger partial charge in [0.2, 0.25) is 0 Å². The summed E-state index contributed by atoms with van der Waals surface area (Å²) in [6.07, 6.45) is 21.7. The van der Waals surface area contributed by atoms with Crippen molar-refractivity contribution in [2.45, 2.75) is 116 Å². The maximum absolute atomic E-state index is 12.4. The van der Waals surface area contributed by atoms with Crippen molar-refractivity contribution in [3.63, 3.8) is 0 Å². The monoisotopic (exact) mass is 562 g/mol. The molecule has 38 heavy (non-hydrogen) atoms. The maximum Gasteiger partial charge on any atom is 1.00 e. The zero-order valence-corrected chi connectivity index (χ0v) is 26.5. The van der Waals surface area contributed by atoms with Crippen LogP contribution in [0.5, 0.6) is 0 Å². The van der Waals surface area contributed by atoms with Crippen LogP contribution in [0.2, 0.25) is 0 Å². The SMILES string of the molecule is CCCCCCCCCCCCCCCCCCCOC(=O)c1ccccc1C(=O)OCCS(=O)(=O)[O-].[Na+]. The molecule has 0 N–H and O–H groups in total. The van der Waals surface area contributed by atoms with Crippen LogP contribution >= 0.6 is 0 Å². The first-order valence-corrected chi connectivity index (χ1v) is 15.8. The van der Waals surface area contributed by atoms with Gasteiger partial charge in [-0.3, -0.25) is 0 Å². The summed E-state index contributed by atoms with van der Waals surface area (Å²) in [4.78, 5) is 24.6. The summed E-state index contributed by atoms with van der Waals surface area (Å²) in [6, 6.07) is 6.03. The molecule has 9 heteroatoms. The van der Waals surface area contributed by atoms with Crippen molar-refractivity contribution in [1.82, 2.24) is 0 Å². The summed E-state index contributed by atoms with van der Waals surface area (Å²) in [5, 5.41) is 0. The van der Waals surface area contributed by atoms with E-state index in [-0.39, 0.29) is 47.3 Å². The van der Waals surface area contributed by atoms with Crippen LogP contribution in [0, 0.1) is 0 Å². The molecule has 0 aliphatic rings. The van der Waals surface area contributed by atoms with Gasteiger partial charge in [-0.05, 0) is 18.6 Å². The minimum absolute atomic E-state index is 0. The van der Waals surface area contributed by atoms with E-state index < -0.39 is 34.4 Å². The first-order valence-electron chi connectivity index (χ1n) is 14.2. The van der Waals surface area contributed by atoms with Gasteiger partial charge in [0.25, 0.3) is 0 Å². The molecule has 0 aromatic heterocycles. The number of benzene rings is 1. The van der Waals surface area contributed by atoms with Gasteiger partial charge < -0.3 is 14.0 Å². The number of ether oxygens (including phenoxy) is 2. The summed E-state index contributed by atoms with van der Waals surface area (Å²) in [5.41, 5.74) is 0.0441. The molecule has 1 aromatic rings. The summed E-state index contributed by atoms with van der Waals surface area (Å²) < 4.78 is 42.1. The molecule has 0 saturated carbocycles. The molecule has 0 bridgehead atoms. The molecule has 0 amide bonds. The number of hydrogen-bond donors (Lipinski definition) is 0. The zero-order chi connectivity index (χ0) is 27.2. The molecule has 0 aliphatic heterocycles. The topological polar surface area (TPSA) is 110 Å². The van der Waals surface area contributed by atoms with E-state index in [0.717, 1.165) is 19.3 Å². The smallest absolute Gasteiger partial charge is 0.748 e. The van der Waals surface area contributed by atoms with Crippen LogP contribution in [0.4, 0.5) is 0 Å². The summed E-state index contributed by atoms with van der Waals surface area (Å²) in [7, 11) is -4.48. The Morgan fingerprint density at radius 1 is 0.632 bits per heavy atom. The van der Waals surface area contributed by atoms with Gasteiger partial charge in [0.15, 0.2) is 0 Å². The summed E-state index contributed by atoms with van der Waals surface area (Å²) >= 11 is 0.